The highest BCUT2D eigenvalue weighted by Gasteiger charge is 2.30. The van der Waals surface area contributed by atoms with Gasteiger partial charge in [0, 0.05) is 11.4 Å². The Morgan fingerprint density at radius 1 is 1.07 bits per heavy atom. The molecule has 154 valence electrons. The molecule has 0 aromatic heterocycles. The van der Waals surface area contributed by atoms with Gasteiger partial charge in [0.2, 0.25) is 0 Å². The molecule has 0 bridgehead atoms. The summed E-state index contributed by atoms with van der Waals surface area (Å²) in [4.78, 5) is 28.2. The summed E-state index contributed by atoms with van der Waals surface area (Å²) in [5.41, 5.74) is 2.82. The fourth-order valence-electron chi connectivity index (χ4n) is 2.24. The van der Waals surface area contributed by atoms with Crippen molar-refractivity contribution in [3.05, 3.63) is 53.6 Å². The molecule has 0 aliphatic rings. The Morgan fingerprint density at radius 2 is 1.76 bits per heavy atom. The smallest absolute Gasteiger partial charge is 0.406 e. The molecule has 2 rings (SSSR count). The maximum atomic E-state index is 12.1. The van der Waals surface area contributed by atoms with Crippen molar-refractivity contribution in [3.63, 3.8) is 0 Å². The van der Waals surface area contributed by atoms with Gasteiger partial charge in [0.15, 0.2) is 6.61 Å². The van der Waals surface area contributed by atoms with Crippen LogP contribution in [0.15, 0.2) is 47.6 Å². The molecule has 2 N–H and O–H groups in total. The molecule has 0 atom stereocenters. The number of alkyl halides is 3. The first-order valence-electron chi connectivity index (χ1n) is 8.31. The Hall–Kier alpha value is -3.56. The van der Waals surface area contributed by atoms with Crippen LogP contribution in [0.2, 0.25) is 0 Å². The first kappa shape index (κ1) is 21.7. The first-order valence-corrected chi connectivity index (χ1v) is 8.31. The fourth-order valence-corrected chi connectivity index (χ4v) is 2.24. The second-order valence-electron chi connectivity index (χ2n) is 5.94. The first-order chi connectivity index (χ1) is 13.6. The third kappa shape index (κ3) is 7.91. The Labute approximate surface area is 164 Å². The van der Waals surface area contributed by atoms with Gasteiger partial charge in [0.25, 0.3) is 11.8 Å². The third-order valence-corrected chi connectivity index (χ3v) is 3.45. The van der Waals surface area contributed by atoms with Gasteiger partial charge in [-0.1, -0.05) is 22.9 Å². The highest BCUT2D eigenvalue weighted by Crippen LogP contribution is 2.23. The van der Waals surface area contributed by atoms with E-state index in [1.807, 2.05) is 26.0 Å². The maximum Gasteiger partial charge on any atom is 0.573 e. The predicted octanol–water partition coefficient (Wildman–Crippen LogP) is 3.78. The van der Waals surface area contributed by atoms with E-state index in [1.165, 1.54) is 12.1 Å². The van der Waals surface area contributed by atoms with Crippen LogP contribution in [-0.4, -0.2) is 31.0 Å². The lowest BCUT2D eigenvalue weighted by molar-refractivity contribution is -0.274. The van der Waals surface area contributed by atoms with Crippen LogP contribution in [0.1, 0.15) is 11.1 Å². The molecule has 10 heteroatoms. The van der Waals surface area contributed by atoms with Gasteiger partial charge >= 0.3 is 6.36 Å². The van der Waals surface area contributed by atoms with Gasteiger partial charge in [0.05, 0.1) is 0 Å². The Balaban J connectivity index is 1.75. The number of nitrogens with zero attached hydrogens (tertiary/aromatic N) is 1. The van der Waals surface area contributed by atoms with Gasteiger partial charge in [-0.3, -0.25) is 9.59 Å². The number of halogens is 3. The predicted molar refractivity (Wildman–Crippen MR) is 101 cm³/mol. The summed E-state index contributed by atoms with van der Waals surface area (Å²) < 4.78 is 40.0. The molecule has 2 amide bonds. The van der Waals surface area contributed by atoms with Crippen molar-refractivity contribution in [3.8, 4) is 5.75 Å². The molecule has 2 aromatic carbocycles. The zero-order valence-electron chi connectivity index (χ0n) is 15.5. The molecule has 0 aliphatic heterocycles. The van der Waals surface area contributed by atoms with Crippen LogP contribution < -0.4 is 15.4 Å². The summed E-state index contributed by atoms with van der Waals surface area (Å²) in [5.74, 6) is -1.55. The number of anilines is 2. The number of oxime groups is 1. The topological polar surface area (TPSA) is 89.0 Å². The van der Waals surface area contributed by atoms with Crippen molar-refractivity contribution in [2.24, 2.45) is 5.16 Å². The number of carbonyl (C=O) groups is 2. The number of hydrogen-bond donors (Lipinski definition) is 2. The molecule has 0 aliphatic carbocycles. The van der Waals surface area contributed by atoms with E-state index in [9.17, 15) is 22.8 Å². The molecule has 0 unspecified atom stereocenters. The zero-order valence-corrected chi connectivity index (χ0v) is 15.5. The van der Waals surface area contributed by atoms with E-state index < -0.39 is 30.5 Å². The molecule has 29 heavy (non-hydrogen) atoms. The monoisotopic (exact) mass is 409 g/mol. The van der Waals surface area contributed by atoms with Crippen LogP contribution in [0.25, 0.3) is 0 Å². The van der Waals surface area contributed by atoms with Crippen LogP contribution in [0.5, 0.6) is 5.75 Å². The molecule has 0 radical (unpaired) electrons. The van der Waals surface area contributed by atoms with E-state index in [-0.39, 0.29) is 5.69 Å². The molecule has 0 heterocycles. The lowest BCUT2D eigenvalue weighted by Gasteiger charge is -2.09. The molecule has 0 spiro atoms. The van der Waals surface area contributed by atoms with Crippen LogP contribution in [0.3, 0.4) is 0 Å². The van der Waals surface area contributed by atoms with Gasteiger partial charge in [-0.15, -0.1) is 13.2 Å². The van der Waals surface area contributed by atoms with Crippen molar-refractivity contribution in [2.45, 2.75) is 20.2 Å². The Bertz CT molecular complexity index is 897. The molecule has 0 saturated heterocycles. The highest BCUT2D eigenvalue weighted by atomic mass is 19.4. The lowest BCUT2D eigenvalue weighted by Crippen LogP contribution is -2.18. The standard InChI is InChI=1S/C19H18F3N3O4/c1-12-3-8-16(13(2)9-12)25-17(26)10-23-28-11-18(27)24-14-4-6-15(7-5-14)29-19(20,21)22/h3-10H,11H2,1-2H3,(H,24,27)(H,25,26)/b23-10-. The molecular formula is C19H18F3N3O4. The summed E-state index contributed by atoms with van der Waals surface area (Å²) in [6, 6.07) is 10.1. The summed E-state index contributed by atoms with van der Waals surface area (Å²) in [6.07, 6.45) is -3.91. The second-order valence-corrected chi connectivity index (χ2v) is 5.94. The minimum absolute atomic E-state index is 0.240. The van der Waals surface area contributed by atoms with Crippen molar-refractivity contribution in [2.75, 3.05) is 17.2 Å². The number of benzene rings is 2. The fraction of sp³-hybridized carbons (Fsp3) is 0.211. The molecule has 2 aromatic rings. The SMILES string of the molecule is Cc1ccc(NC(=O)/C=N\OCC(=O)Nc2ccc(OC(F)(F)F)cc2)c(C)c1. The van der Waals surface area contributed by atoms with Crippen LogP contribution in [0, 0.1) is 13.8 Å². The van der Waals surface area contributed by atoms with Crippen molar-refractivity contribution >= 4 is 29.4 Å². The molecule has 0 saturated carbocycles. The summed E-state index contributed by atoms with van der Waals surface area (Å²) >= 11 is 0. The minimum Gasteiger partial charge on any atom is -0.406 e. The Kier molecular flexibility index (Phi) is 7.18. The van der Waals surface area contributed by atoms with Crippen LogP contribution in [0.4, 0.5) is 24.5 Å². The summed E-state index contributed by atoms with van der Waals surface area (Å²) in [6.45, 7) is 3.29. The van der Waals surface area contributed by atoms with Gasteiger partial charge in [-0.05, 0) is 49.7 Å². The number of amides is 2. The largest absolute Gasteiger partial charge is 0.573 e. The Morgan fingerprint density at radius 3 is 2.38 bits per heavy atom. The van der Waals surface area contributed by atoms with E-state index >= 15 is 0 Å². The van der Waals surface area contributed by atoms with Gasteiger partial charge < -0.3 is 20.2 Å². The number of nitrogens with one attached hydrogen (secondary N) is 2. The number of aryl methyl sites for hydroxylation is 2. The average molecular weight is 409 g/mol. The maximum absolute atomic E-state index is 12.1. The third-order valence-electron chi connectivity index (χ3n) is 3.45. The van der Waals surface area contributed by atoms with Crippen LogP contribution >= 0.6 is 0 Å². The minimum atomic E-state index is -4.79. The van der Waals surface area contributed by atoms with Gasteiger partial charge in [0.1, 0.15) is 12.0 Å². The van der Waals surface area contributed by atoms with E-state index in [4.69, 9.17) is 4.84 Å². The number of ether oxygens (including phenoxy) is 1. The quantitative estimate of drug-likeness (QED) is 0.538. The summed E-state index contributed by atoms with van der Waals surface area (Å²) in [5, 5.41) is 8.43. The number of rotatable bonds is 7. The zero-order chi connectivity index (χ0) is 21.4. The number of hydrogen-bond acceptors (Lipinski definition) is 5. The van der Waals surface area contributed by atoms with Crippen molar-refractivity contribution in [1.29, 1.82) is 0 Å². The lowest BCUT2D eigenvalue weighted by atomic mass is 10.1. The van der Waals surface area contributed by atoms with Crippen molar-refractivity contribution in [1.82, 2.24) is 0 Å². The van der Waals surface area contributed by atoms with Crippen LogP contribution in [-0.2, 0) is 14.4 Å². The second kappa shape index (κ2) is 9.58. The molecule has 7 nitrogen and oxygen atoms in total. The number of carbonyl (C=O) groups excluding carboxylic acids is 2. The van der Waals surface area contributed by atoms with Gasteiger partial charge in [-0.25, -0.2) is 0 Å². The van der Waals surface area contributed by atoms with Crippen molar-refractivity contribution < 1.29 is 32.3 Å². The van der Waals surface area contributed by atoms with E-state index in [0.29, 0.717) is 5.69 Å². The molecule has 0 fully saturated rings. The highest BCUT2D eigenvalue weighted by molar-refractivity contribution is 6.31. The van der Waals surface area contributed by atoms with Gasteiger partial charge in [-0.2, -0.15) is 0 Å². The van der Waals surface area contributed by atoms with E-state index in [1.54, 1.807) is 6.07 Å². The average Bonchev–Trinajstić information content (AvgIpc) is 2.62. The van der Waals surface area contributed by atoms with E-state index in [0.717, 1.165) is 29.5 Å². The normalized spacial score (nSPS) is 11.2. The summed E-state index contributed by atoms with van der Waals surface area (Å²) in [7, 11) is 0. The van der Waals surface area contributed by atoms with E-state index in [2.05, 4.69) is 20.5 Å². The molecular weight excluding hydrogens is 391 g/mol.